The number of phenolic OH excluding ortho intramolecular Hbond substituents is 1. The van der Waals surface area contributed by atoms with Crippen molar-refractivity contribution < 1.29 is 19.8 Å². The standard InChI is InChI=1S/C29H27NO4/c31-23-13-7-4-8-18(23)16-24(32)25-26-28(19-9-2-1-3-10-19)15-14-22(20-11-5-6-12-21(20)28)29(26,17-30-25)27(33)34/h1-13,22,25-26,30-31H,14-17H2,(H,33,34). The Morgan fingerprint density at radius 2 is 1.65 bits per heavy atom. The molecule has 5 atom stereocenters. The largest absolute Gasteiger partial charge is 0.508 e. The highest BCUT2D eigenvalue weighted by atomic mass is 16.4. The van der Waals surface area contributed by atoms with Crippen molar-refractivity contribution >= 4 is 11.8 Å². The Morgan fingerprint density at radius 3 is 2.41 bits per heavy atom. The van der Waals surface area contributed by atoms with Crippen LogP contribution in [-0.2, 0) is 21.4 Å². The summed E-state index contributed by atoms with van der Waals surface area (Å²) in [6, 6.07) is 24.6. The number of rotatable bonds is 5. The summed E-state index contributed by atoms with van der Waals surface area (Å²) in [5.41, 5.74) is 2.25. The zero-order valence-electron chi connectivity index (χ0n) is 18.8. The lowest BCUT2D eigenvalue weighted by Crippen LogP contribution is -2.62. The van der Waals surface area contributed by atoms with Gasteiger partial charge in [0.1, 0.15) is 5.75 Å². The number of ketones is 1. The molecule has 2 fully saturated rings. The first-order valence-electron chi connectivity index (χ1n) is 11.9. The van der Waals surface area contributed by atoms with Gasteiger partial charge in [0.15, 0.2) is 5.78 Å². The summed E-state index contributed by atoms with van der Waals surface area (Å²) < 4.78 is 0. The Morgan fingerprint density at radius 1 is 0.941 bits per heavy atom. The van der Waals surface area contributed by atoms with Crippen molar-refractivity contribution in [3.8, 4) is 5.75 Å². The normalized spacial score (nSPS) is 31.0. The second-order valence-corrected chi connectivity index (χ2v) is 9.97. The minimum absolute atomic E-state index is 0.0632. The minimum atomic E-state index is -1.07. The van der Waals surface area contributed by atoms with Crippen LogP contribution in [0.15, 0.2) is 78.9 Å². The smallest absolute Gasteiger partial charge is 0.311 e. The number of nitrogens with one attached hydrogen (secondary N) is 1. The number of fused-ring (bicyclic) bond motifs is 1. The summed E-state index contributed by atoms with van der Waals surface area (Å²) >= 11 is 0. The molecule has 0 amide bonds. The fraction of sp³-hybridized carbons (Fsp3) is 0.310. The van der Waals surface area contributed by atoms with Gasteiger partial charge in [-0.05, 0) is 35.6 Å². The van der Waals surface area contributed by atoms with E-state index in [9.17, 15) is 19.8 Å². The van der Waals surface area contributed by atoms with Crippen LogP contribution in [-0.4, -0.2) is 34.6 Å². The highest BCUT2D eigenvalue weighted by Gasteiger charge is 2.72. The lowest BCUT2D eigenvalue weighted by atomic mass is 9.41. The molecule has 5 nitrogen and oxygen atoms in total. The van der Waals surface area contributed by atoms with Gasteiger partial charge < -0.3 is 15.5 Å². The van der Waals surface area contributed by atoms with E-state index in [0.717, 1.165) is 29.5 Å². The highest BCUT2D eigenvalue weighted by molar-refractivity contribution is 5.91. The van der Waals surface area contributed by atoms with E-state index in [1.54, 1.807) is 24.3 Å². The SMILES string of the molecule is O=C(Cc1ccccc1O)C1NCC2(C(=O)O)C3CCC(c4ccccc4)(c4ccccc43)C12. The van der Waals surface area contributed by atoms with Crippen LogP contribution in [0.1, 0.15) is 41.0 Å². The number of benzene rings is 3. The zero-order valence-corrected chi connectivity index (χ0v) is 18.8. The van der Waals surface area contributed by atoms with Crippen molar-refractivity contribution in [1.29, 1.82) is 0 Å². The molecule has 5 unspecified atom stereocenters. The van der Waals surface area contributed by atoms with Gasteiger partial charge in [0, 0.05) is 35.8 Å². The molecule has 2 bridgehead atoms. The van der Waals surface area contributed by atoms with Gasteiger partial charge in [-0.3, -0.25) is 9.59 Å². The first kappa shape index (κ1) is 21.1. The zero-order chi connectivity index (χ0) is 23.5. The molecule has 0 radical (unpaired) electrons. The summed E-state index contributed by atoms with van der Waals surface area (Å²) in [6.07, 6.45) is 1.64. The first-order chi connectivity index (χ1) is 16.5. The average molecular weight is 454 g/mol. The van der Waals surface area contributed by atoms with Crippen LogP contribution in [0.25, 0.3) is 0 Å². The van der Waals surface area contributed by atoms with Crippen molar-refractivity contribution in [3.05, 3.63) is 101 Å². The predicted octanol–water partition coefficient (Wildman–Crippen LogP) is 4.04. The summed E-state index contributed by atoms with van der Waals surface area (Å²) in [4.78, 5) is 26.9. The highest BCUT2D eigenvalue weighted by Crippen LogP contribution is 2.69. The number of carbonyl (C=O) groups is 2. The molecule has 3 aromatic rings. The Balaban J connectivity index is 1.55. The Hall–Kier alpha value is -3.44. The maximum absolute atomic E-state index is 13.8. The Labute approximate surface area is 198 Å². The molecular formula is C29H27NO4. The number of aromatic hydroxyl groups is 1. The number of carboxylic acid groups (broad SMARTS) is 1. The molecule has 4 aliphatic rings. The third-order valence-electron chi connectivity index (χ3n) is 8.69. The Bertz CT molecular complexity index is 1290. The van der Waals surface area contributed by atoms with E-state index in [0.29, 0.717) is 5.56 Å². The first-order valence-corrected chi connectivity index (χ1v) is 11.9. The molecule has 34 heavy (non-hydrogen) atoms. The number of phenols is 1. The summed E-state index contributed by atoms with van der Waals surface area (Å²) in [7, 11) is 0. The third kappa shape index (κ3) is 2.65. The molecule has 3 aliphatic carbocycles. The van der Waals surface area contributed by atoms with E-state index in [1.165, 1.54) is 0 Å². The molecule has 0 spiro atoms. The van der Waals surface area contributed by atoms with Crippen molar-refractivity contribution in [2.45, 2.75) is 36.6 Å². The van der Waals surface area contributed by atoms with E-state index in [1.807, 2.05) is 30.3 Å². The predicted molar refractivity (Wildman–Crippen MR) is 128 cm³/mol. The number of hydrogen-bond donors (Lipinski definition) is 3. The van der Waals surface area contributed by atoms with Gasteiger partial charge in [-0.15, -0.1) is 0 Å². The molecule has 7 rings (SSSR count). The van der Waals surface area contributed by atoms with Crippen molar-refractivity contribution in [2.24, 2.45) is 11.3 Å². The van der Waals surface area contributed by atoms with Gasteiger partial charge in [-0.1, -0.05) is 72.8 Å². The number of para-hydroxylation sites is 1. The van der Waals surface area contributed by atoms with Crippen molar-refractivity contribution in [1.82, 2.24) is 5.32 Å². The second kappa shape index (κ2) is 7.54. The number of hydrogen-bond acceptors (Lipinski definition) is 4. The van der Waals surface area contributed by atoms with E-state index >= 15 is 0 Å². The van der Waals surface area contributed by atoms with E-state index in [-0.39, 0.29) is 30.4 Å². The number of Topliss-reactive ketones (excluding diaryl/α,β-unsaturated/α-hetero) is 1. The Kier molecular flexibility index (Phi) is 4.68. The fourth-order valence-electron chi connectivity index (χ4n) is 7.43. The number of carboxylic acids is 1. The average Bonchev–Trinajstić information content (AvgIpc) is 3.30. The van der Waals surface area contributed by atoms with Crippen molar-refractivity contribution in [3.63, 3.8) is 0 Å². The lowest BCUT2D eigenvalue weighted by molar-refractivity contribution is -0.158. The lowest BCUT2D eigenvalue weighted by Gasteiger charge is -2.60. The van der Waals surface area contributed by atoms with Crippen LogP contribution in [0.2, 0.25) is 0 Å². The summed E-state index contributed by atoms with van der Waals surface area (Å²) in [5, 5.41) is 24.4. The maximum atomic E-state index is 13.8. The van der Waals surface area contributed by atoms with Crippen LogP contribution in [0.5, 0.6) is 5.75 Å². The van der Waals surface area contributed by atoms with Crippen LogP contribution < -0.4 is 5.32 Å². The van der Waals surface area contributed by atoms with Gasteiger partial charge in [0.2, 0.25) is 0 Å². The molecule has 3 N–H and O–H groups in total. The van der Waals surface area contributed by atoms with E-state index in [2.05, 4.69) is 29.6 Å². The quantitative estimate of drug-likeness (QED) is 0.543. The van der Waals surface area contributed by atoms with Crippen LogP contribution >= 0.6 is 0 Å². The third-order valence-corrected chi connectivity index (χ3v) is 8.69. The second-order valence-electron chi connectivity index (χ2n) is 9.97. The fourth-order valence-corrected chi connectivity index (χ4v) is 7.43. The van der Waals surface area contributed by atoms with Gasteiger partial charge >= 0.3 is 5.97 Å². The number of aliphatic carboxylic acids is 1. The number of carbonyl (C=O) groups excluding carboxylic acids is 1. The van der Waals surface area contributed by atoms with Gasteiger partial charge in [0.05, 0.1) is 11.5 Å². The molecule has 1 aliphatic heterocycles. The van der Waals surface area contributed by atoms with E-state index in [4.69, 9.17) is 0 Å². The van der Waals surface area contributed by atoms with Gasteiger partial charge in [-0.25, -0.2) is 0 Å². The topological polar surface area (TPSA) is 86.6 Å². The molecule has 1 saturated heterocycles. The van der Waals surface area contributed by atoms with Crippen LogP contribution in [0.3, 0.4) is 0 Å². The van der Waals surface area contributed by atoms with Crippen LogP contribution in [0.4, 0.5) is 0 Å². The van der Waals surface area contributed by atoms with Crippen LogP contribution in [0, 0.1) is 11.3 Å². The van der Waals surface area contributed by atoms with Gasteiger partial charge in [0.25, 0.3) is 0 Å². The minimum Gasteiger partial charge on any atom is -0.508 e. The molecule has 5 heteroatoms. The summed E-state index contributed by atoms with van der Waals surface area (Å²) in [5.74, 6) is -1.39. The summed E-state index contributed by atoms with van der Waals surface area (Å²) in [6.45, 7) is 0.262. The molecule has 1 saturated carbocycles. The molecule has 3 aromatic carbocycles. The van der Waals surface area contributed by atoms with E-state index < -0.39 is 28.8 Å². The molecule has 0 aromatic heterocycles. The molecule has 1 heterocycles. The van der Waals surface area contributed by atoms with Crippen molar-refractivity contribution in [2.75, 3.05) is 6.54 Å². The maximum Gasteiger partial charge on any atom is 0.311 e. The molecular weight excluding hydrogens is 426 g/mol. The van der Waals surface area contributed by atoms with Gasteiger partial charge in [-0.2, -0.15) is 0 Å². The molecule has 172 valence electrons. The monoisotopic (exact) mass is 453 g/mol.